The molecule has 27 heavy (non-hydrogen) atoms. The molecule has 142 valence electrons. The van der Waals surface area contributed by atoms with Crippen molar-refractivity contribution in [1.82, 2.24) is 4.90 Å². The lowest BCUT2D eigenvalue weighted by Gasteiger charge is -2.17. The van der Waals surface area contributed by atoms with E-state index in [1.165, 1.54) is 0 Å². The Kier molecular flexibility index (Phi) is 4.84. The highest BCUT2D eigenvalue weighted by atomic mass is 35.5. The van der Waals surface area contributed by atoms with Crippen LogP contribution in [0.1, 0.15) is 11.5 Å². The SMILES string of the molecule is O=C(COc1ccccc1Cl)N1C[C@H](O)[C@@]2(C1)[C@H](CO)[C@H]2c1ccccc1. The van der Waals surface area contributed by atoms with E-state index < -0.39 is 11.5 Å². The van der Waals surface area contributed by atoms with Crippen molar-refractivity contribution < 1.29 is 19.7 Å². The minimum Gasteiger partial charge on any atom is -0.482 e. The van der Waals surface area contributed by atoms with Crippen LogP contribution >= 0.6 is 11.6 Å². The van der Waals surface area contributed by atoms with Crippen LogP contribution in [-0.2, 0) is 4.79 Å². The van der Waals surface area contributed by atoms with Crippen molar-refractivity contribution in [3.05, 3.63) is 65.2 Å². The average molecular weight is 388 g/mol. The van der Waals surface area contributed by atoms with E-state index in [0.717, 1.165) is 5.56 Å². The molecule has 1 amide bonds. The minimum atomic E-state index is -0.663. The quantitative estimate of drug-likeness (QED) is 0.826. The van der Waals surface area contributed by atoms with Gasteiger partial charge in [-0.2, -0.15) is 0 Å². The molecule has 1 heterocycles. The maximum Gasteiger partial charge on any atom is 0.260 e. The van der Waals surface area contributed by atoms with Gasteiger partial charge in [-0.1, -0.05) is 54.1 Å². The van der Waals surface area contributed by atoms with Crippen LogP contribution in [0.2, 0.25) is 5.02 Å². The molecule has 4 rings (SSSR count). The van der Waals surface area contributed by atoms with Gasteiger partial charge in [0.2, 0.25) is 0 Å². The van der Waals surface area contributed by atoms with Crippen molar-refractivity contribution in [1.29, 1.82) is 0 Å². The maximum atomic E-state index is 12.6. The predicted octanol–water partition coefficient (Wildman–Crippen LogP) is 2.31. The fourth-order valence-corrected chi connectivity index (χ4v) is 4.74. The Morgan fingerprint density at radius 1 is 1.19 bits per heavy atom. The van der Waals surface area contributed by atoms with Crippen LogP contribution in [0.5, 0.6) is 5.75 Å². The normalized spacial score (nSPS) is 29.1. The van der Waals surface area contributed by atoms with Crippen molar-refractivity contribution in [2.45, 2.75) is 12.0 Å². The van der Waals surface area contributed by atoms with Crippen molar-refractivity contribution in [3.8, 4) is 5.75 Å². The van der Waals surface area contributed by atoms with Crippen LogP contribution in [-0.4, -0.2) is 53.4 Å². The molecule has 2 fully saturated rings. The molecule has 1 saturated carbocycles. The average Bonchev–Trinajstić information content (AvgIpc) is 3.22. The first kappa shape index (κ1) is 18.3. The maximum absolute atomic E-state index is 12.6. The first-order chi connectivity index (χ1) is 13.1. The monoisotopic (exact) mass is 387 g/mol. The molecule has 0 bridgehead atoms. The Bertz CT molecular complexity index is 830. The number of aliphatic hydroxyl groups excluding tert-OH is 2. The lowest BCUT2D eigenvalue weighted by Crippen LogP contribution is -2.34. The van der Waals surface area contributed by atoms with Crippen LogP contribution in [0.25, 0.3) is 0 Å². The molecule has 0 unspecified atom stereocenters. The molecule has 2 aromatic rings. The number of nitrogens with zero attached hydrogens (tertiary/aromatic N) is 1. The van der Waals surface area contributed by atoms with E-state index in [1.807, 2.05) is 30.3 Å². The Labute approximate surface area is 163 Å². The molecule has 5 nitrogen and oxygen atoms in total. The number of para-hydroxylation sites is 1. The smallest absolute Gasteiger partial charge is 0.260 e. The summed E-state index contributed by atoms with van der Waals surface area (Å²) in [6.07, 6.45) is -0.663. The van der Waals surface area contributed by atoms with Gasteiger partial charge in [-0.25, -0.2) is 0 Å². The highest BCUT2D eigenvalue weighted by molar-refractivity contribution is 6.32. The molecule has 1 aliphatic heterocycles. The van der Waals surface area contributed by atoms with Gasteiger partial charge in [-0.3, -0.25) is 4.79 Å². The molecule has 0 radical (unpaired) electrons. The van der Waals surface area contributed by atoms with Crippen LogP contribution in [0, 0.1) is 11.3 Å². The van der Waals surface area contributed by atoms with Gasteiger partial charge in [0.15, 0.2) is 6.61 Å². The molecule has 2 N–H and O–H groups in total. The fourth-order valence-electron chi connectivity index (χ4n) is 4.55. The number of amides is 1. The number of halogens is 1. The summed E-state index contributed by atoms with van der Waals surface area (Å²) >= 11 is 6.05. The van der Waals surface area contributed by atoms with E-state index >= 15 is 0 Å². The lowest BCUT2D eigenvalue weighted by molar-refractivity contribution is -0.132. The first-order valence-corrected chi connectivity index (χ1v) is 9.44. The third kappa shape index (κ3) is 3.10. The Morgan fingerprint density at radius 2 is 1.89 bits per heavy atom. The number of aliphatic hydroxyl groups is 2. The zero-order valence-corrected chi connectivity index (χ0v) is 15.5. The number of rotatable bonds is 5. The van der Waals surface area contributed by atoms with Crippen LogP contribution < -0.4 is 4.74 Å². The fraction of sp³-hybridized carbons (Fsp3) is 0.381. The van der Waals surface area contributed by atoms with Gasteiger partial charge in [-0.05, 0) is 29.5 Å². The summed E-state index contributed by atoms with van der Waals surface area (Å²) in [6.45, 7) is 0.537. The number of carbonyl (C=O) groups excluding carboxylic acids is 1. The van der Waals surface area contributed by atoms with Gasteiger partial charge in [0, 0.05) is 25.1 Å². The second-order valence-corrected chi connectivity index (χ2v) is 7.71. The third-order valence-corrected chi connectivity index (χ3v) is 6.25. The molecule has 2 aliphatic rings. The second-order valence-electron chi connectivity index (χ2n) is 7.30. The van der Waals surface area contributed by atoms with Gasteiger partial charge >= 0.3 is 0 Å². The number of β-amino-alcohol motifs (C(OH)–C–C–N with tert-alkyl or cyclic N) is 1. The topological polar surface area (TPSA) is 70.0 Å². The van der Waals surface area contributed by atoms with Gasteiger partial charge < -0.3 is 19.8 Å². The van der Waals surface area contributed by atoms with Crippen molar-refractivity contribution in [2.24, 2.45) is 11.3 Å². The van der Waals surface area contributed by atoms with Crippen LogP contribution in [0.4, 0.5) is 0 Å². The third-order valence-electron chi connectivity index (χ3n) is 5.94. The summed E-state index contributed by atoms with van der Waals surface area (Å²) in [5.41, 5.74) is 0.619. The first-order valence-electron chi connectivity index (χ1n) is 9.07. The Morgan fingerprint density at radius 3 is 2.59 bits per heavy atom. The number of ether oxygens (including phenoxy) is 1. The van der Waals surface area contributed by atoms with Crippen LogP contribution in [0.3, 0.4) is 0 Å². The van der Waals surface area contributed by atoms with Gasteiger partial charge in [0.05, 0.1) is 11.1 Å². The van der Waals surface area contributed by atoms with E-state index in [4.69, 9.17) is 16.3 Å². The van der Waals surface area contributed by atoms with Crippen LogP contribution in [0.15, 0.2) is 54.6 Å². The van der Waals surface area contributed by atoms with E-state index in [9.17, 15) is 15.0 Å². The highest BCUT2D eigenvalue weighted by Crippen LogP contribution is 2.68. The van der Waals surface area contributed by atoms with E-state index in [2.05, 4.69) is 0 Å². The Balaban J connectivity index is 1.45. The predicted molar refractivity (Wildman–Crippen MR) is 102 cm³/mol. The zero-order chi connectivity index (χ0) is 19.0. The number of likely N-dealkylation sites (tertiary alicyclic amines) is 1. The molecule has 1 spiro atoms. The molecule has 1 aliphatic carbocycles. The summed E-state index contributed by atoms with van der Waals surface area (Å²) in [4.78, 5) is 14.2. The summed E-state index contributed by atoms with van der Waals surface area (Å²) in [6, 6.07) is 16.9. The van der Waals surface area contributed by atoms with Crippen molar-refractivity contribution >= 4 is 17.5 Å². The zero-order valence-electron chi connectivity index (χ0n) is 14.8. The standard InChI is InChI=1S/C21H22ClNO4/c22-16-8-4-5-9-17(16)27-12-19(26)23-10-18(25)21(13-23)15(11-24)20(21)14-6-2-1-3-7-14/h1-9,15,18,20,24-25H,10-13H2/t15-,18+,20-,21-/m1/s1. The number of hydrogen-bond donors (Lipinski definition) is 2. The summed E-state index contributed by atoms with van der Waals surface area (Å²) in [5, 5.41) is 21.0. The molecule has 4 atom stereocenters. The largest absolute Gasteiger partial charge is 0.482 e. The number of hydrogen-bond acceptors (Lipinski definition) is 4. The molecule has 6 heteroatoms. The minimum absolute atomic E-state index is 0.00518. The van der Waals surface area contributed by atoms with E-state index in [1.54, 1.807) is 29.2 Å². The molecule has 1 saturated heterocycles. The van der Waals surface area contributed by atoms with Crippen molar-refractivity contribution in [2.75, 3.05) is 26.3 Å². The summed E-state index contributed by atoms with van der Waals surface area (Å²) < 4.78 is 5.55. The number of carbonyl (C=O) groups is 1. The summed E-state index contributed by atoms with van der Waals surface area (Å²) in [5.74, 6) is 0.281. The Hall–Kier alpha value is -2.08. The van der Waals surface area contributed by atoms with E-state index in [-0.39, 0.29) is 37.5 Å². The van der Waals surface area contributed by atoms with Gasteiger partial charge in [0.1, 0.15) is 5.75 Å². The molecule has 2 aromatic carbocycles. The lowest BCUT2D eigenvalue weighted by atomic mass is 9.95. The second kappa shape index (κ2) is 7.15. The van der Waals surface area contributed by atoms with E-state index in [0.29, 0.717) is 17.3 Å². The molecule has 0 aromatic heterocycles. The number of benzene rings is 2. The van der Waals surface area contributed by atoms with Gasteiger partial charge in [0.25, 0.3) is 5.91 Å². The van der Waals surface area contributed by atoms with Crippen molar-refractivity contribution in [3.63, 3.8) is 0 Å². The van der Waals surface area contributed by atoms with Gasteiger partial charge in [-0.15, -0.1) is 0 Å². The summed E-state index contributed by atoms with van der Waals surface area (Å²) in [7, 11) is 0. The highest BCUT2D eigenvalue weighted by Gasteiger charge is 2.71. The molecular formula is C21H22ClNO4. The molecular weight excluding hydrogens is 366 g/mol.